The van der Waals surface area contributed by atoms with Crippen molar-refractivity contribution in [2.24, 2.45) is 0 Å². The fraction of sp³-hybridized carbons (Fsp3) is 1.00. The van der Waals surface area contributed by atoms with E-state index in [0.717, 1.165) is 0 Å². The van der Waals surface area contributed by atoms with E-state index in [0.29, 0.717) is 11.8 Å². The predicted octanol–water partition coefficient (Wildman–Crippen LogP) is 3.67. The minimum Gasteiger partial charge on any atom is -0.361 e. The first kappa shape index (κ1) is 15.0. The summed E-state index contributed by atoms with van der Waals surface area (Å²) in [6, 6.07) is 0. The van der Waals surface area contributed by atoms with E-state index in [-0.39, 0.29) is 6.42 Å². The molecule has 0 aromatic carbocycles. The zero-order valence-corrected chi connectivity index (χ0v) is 9.05. The smallest absolute Gasteiger partial charge is 0.361 e. The zero-order chi connectivity index (χ0) is 12.1. The SMILES string of the molecule is FC(F)(F)C(OCCCCBr)C(F)(F)F. The number of unbranched alkanes of at least 4 members (excludes halogenated alkanes) is 1. The second kappa shape index (κ2) is 5.93. The molecule has 0 amide bonds. The second-order valence-electron chi connectivity index (χ2n) is 2.73. The molecule has 0 fully saturated rings. The molecule has 0 aliphatic rings. The third kappa shape index (κ3) is 6.24. The minimum absolute atomic E-state index is 0.147. The van der Waals surface area contributed by atoms with Crippen LogP contribution in [0.3, 0.4) is 0 Å². The Bertz CT molecular complexity index is 163. The highest BCUT2D eigenvalue weighted by Gasteiger charge is 2.57. The number of ether oxygens (including phenoxy) is 1. The maximum atomic E-state index is 11.9. The van der Waals surface area contributed by atoms with Crippen molar-refractivity contribution in [3.63, 3.8) is 0 Å². The lowest BCUT2D eigenvalue weighted by Gasteiger charge is -2.22. The van der Waals surface area contributed by atoms with E-state index >= 15 is 0 Å². The Morgan fingerprint density at radius 3 is 1.73 bits per heavy atom. The summed E-state index contributed by atoms with van der Waals surface area (Å²) in [6.07, 6.45) is -13.9. The normalized spacial score (nSPS) is 13.6. The van der Waals surface area contributed by atoms with Crippen molar-refractivity contribution in [2.45, 2.75) is 31.3 Å². The first-order valence-electron chi connectivity index (χ1n) is 4.00. The van der Waals surface area contributed by atoms with Gasteiger partial charge in [-0.15, -0.1) is 0 Å². The molecule has 8 heteroatoms. The molecule has 0 bridgehead atoms. The second-order valence-corrected chi connectivity index (χ2v) is 3.52. The highest BCUT2D eigenvalue weighted by molar-refractivity contribution is 9.09. The summed E-state index contributed by atoms with van der Waals surface area (Å²) in [5, 5.41) is 0.513. The average Bonchev–Trinajstić information content (AvgIpc) is 1.99. The third-order valence-electron chi connectivity index (χ3n) is 1.41. The van der Waals surface area contributed by atoms with E-state index < -0.39 is 25.1 Å². The van der Waals surface area contributed by atoms with E-state index in [1.807, 2.05) is 0 Å². The summed E-state index contributed by atoms with van der Waals surface area (Å²) < 4.78 is 75.0. The Kier molecular flexibility index (Phi) is 5.94. The highest BCUT2D eigenvalue weighted by Crippen LogP contribution is 2.35. The molecule has 0 spiro atoms. The number of hydrogen-bond acceptors (Lipinski definition) is 1. The van der Waals surface area contributed by atoms with Gasteiger partial charge in [-0.25, -0.2) is 0 Å². The van der Waals surface area contributed by atoms with E-state index in [9.17, 15) is 26.3 Å². The first-order chi connectivity index (χ1) is 6.69. The zero-order valence-electron chi connectivity index (χ0n) is 7.46. The number of rotatable bonds is 5. The average molecular weight is 303 g/mol. The van der Waals surface area contributed by atoms with Crippen molar-refractivity contribution in [3.8, 4) is 0 Å². The van der Waals surface area contributed by atoms with Crippen LogP contribution in [0.25, 0.3) is 0 Å². The van der Waals surface area contributed by atoms with Crippen LogP contribution in [0.5, 0.6) is 0 Å². The topological polar surface area (TPSA) is 9.23 Å². The molecule has 0 saturated heterocycles. The lowest BCUT2D eigenvalue weighted by atomic mass is 10.3. The quantitative estimate of drug-likeness (QED) is 0.428. The van der Waals surface area contributed by atoms with Crippen LogP contribution < -0.4 is 0 Å². The van der Waals surface area contributed by atoms with Gasteiger partial charge in [0.1, 0.15) is 0 Å². The number of hydrogen-bond donors (Lipinski definition) is 0. The standard InChI is InChI=1S/C7H9BrF6O/c8-3-1-2-4-15-5(6(9,10)11)7(12,13)14/h5H,1-4H2. The van der Waals surface area contributed by atoms with Crippen molar-refractivity contribution in [3.05, 3.63) is 0 Å². The van der Waals surface area contributed by atoms with Crippen LogP contribution in [-0.2, 0) is 4.74 Å². The molecule has 0 saturated carbocycles. The molecule has 0 heterocycles. The summed E-state index contributed by atoms with van der Waals surface area (Å²) in [7, 11) is 0. The molecule has 0 N–H and O–H groups in total. The summed E-state index contributed by atoms with van der Waals surface area (Å²) in [5.74, 6) is 0. The highest BCUT2D eigenvalue weighted by atomic mass is 79.9. The van der Waals surface area contributed by atoms with Crippen LogP contribution in [0.1, 0.15) is 12.8 Å². The summed E-state index contributed by atoms with van der Waals surface area (Å²) in [6.45, 7) is -0.560. The van der Waals surface area contributed by atoms with Crippen LogP contribution in [0, 0.1) is 0 Å². The molecule has 0 atom stereocenters. The Morgan fingerprint density at radius 1 is 0.933 bits per heavy atom. The van der Waals surface area contributed by atoms with Gasteiger partial charge in [-0.3, -0.25) is 0 Å². The number of halogens is 7. The fourth-order valence-electron chi connectivity index (χ4n) is 0.772. The van der Waals surface area contributed by atoms with Crippen molar-refractivity contribution in [1.29, 1.82) is 0 Å². The van der Waals surface area contributed by atoms with Gasteiger partial charge in [0.2, 0.25) is 6.10 Å². The number of alkyl halides is 7. The summed E-state index contributed by atoms with van der Waals surface area (Å²) in [5.41, 5.74) is 0. The molecular weight excluding hydrogens is 294 g/mol. The molecule has 0 aromatic heterocycles. The molecule has 0 aromatic rings. The maximum absolute atomic E-state index is 11.9. The molecule has 0 rings (SSSR count). The molecule has 15 heavy (non-hydrogen) atoms. The maximum Gasteiger partial charge on any atom is 0.423 e. The fourth-order valence-corrected chi connectivity index (χ4v) is 1.17. The van der Waals surface area contributed by atoms with Gasteiger partial charge in [0.05, 0.1) is 0 Å². The van der Waals surface area contributed by atoms with Crippen LogP contribution >= 0.6 is 15.9 Å². The van der Waals surface area contributed by atoms with E-state index in [2.05, 4.69) is 20.7 Å². The van der Waals surface area contributed by atoms with Crippen LogP contribution in [0.2, 0.25) is 0 Å². The third-order valence-corrected chi connectivity index (χ3v) is 1.97. The largest absolute Gasteiger partial charge is 0.423 e. The molecule has 0 aliphatic heterocycles. The van der Waals surface area contributed by atoms with Gasteiger partial charge in [0.15, 0.2) is 0 Å². The Hall–Kier alpha value is 0.0200. The van der Waals surface area contributed by atoms with Crippen molar-refractivity contribution in [2.75, 3.05) is 11.9 Å². The Morgan fingerprint density at radius 2 is 1.40 bits per heavy atom. The van der Waals surface area contributed by atoms with Crippen molar-refractivity contribution in [1.82, 2.24) is 0 Å². The molecular formula is C7H9BrF6O. The first-order valence-corrected chi connectivity index (χ1v) is 5.12. The monoisotopic (exact) mass is 302 g/mol. The van der Waals surface area contributed by atoms with Gasteiger partial charge in [-0.1, -0.05) is 15.9 Å². The van der Waals surface area contributed by atoms with Gasteiger partial charge in [-0.05, 0) is 12.8 Å². The molecule has 0 radical (unpaired) electrons. The summed E-state index contributed by atoms with van der Waals surface area (Å²) >= 11 is 3.00. The van der Waals surface area contributed by atoms with Gasteiger partial charge in [-0.2, -0.15) is 26.3 Å². The van der Waals surface area contributed by atoms with Gasteiger partial charge in [0, 0.05) is 11.9 Å². The van der Waals surface area contributed by atoms with Crippen LogP contribution in [-0.4, -0.2) is 30.4 Å². The van der Waals surface area contributed by atoms with Gasteiger partial charge >= 0.3 is 12.4 Å². The molecule has 1 nitrogen and oxygen atoms in total. The Labute approximate surface area is 90.9 Å². The molecule has 0 aliphatic carbocycles. The lowest BCUT2D eigenvalue weighted by Crippen LogP contribution is -2.44. The summed E-state index contributed by atoms with van der Waals surface area (Å²) in [4.78, 5) is 0. The molecule has 92 valence electrons. The predicted molar refractivity (Wildman–Crippen MR) is 44.9 cm³/mol. The van der Waals surface area contributed by atoms with Crippen molar-refractivity contribution < 1.29 is 31.1 Å². The van der Waals surface area contributed by atoms with Crippen molar-refractivity contribution >= 4 is 15.9 Å². The van der Waals surface area contributed by atoms with E-state index in [1.165, 1.54) is 0 Å². The van der Waals surface area contributed by atoms with Crippen LogP contribution in [0.15, 0.2) is 0 Å². The molecule has 0 unspecified atom stereocenters. The lowest BCUT2D eigenvalue weighted by molar-refractivity contribution is -0.321. The minimum atomic E-state index is -5.41. The van der Waals surface area contributed by atoms with Gasteiger partial charge in [0.25, 0.3) is 0 Å². The van der Waals surface area contributed by atoms with Gasteiger partial charge < -0.3 is 4.74 Å². The van der Waals surface area contributed by atoms with E-state index in [4.69, 9.17) is 0 Å². The van der Waals surface area contributed by atoms with Crippen LogP contribution in [0.4, 0.5) is 26.3 Å². The Balaban J connectivity index is 4.17. The van der Waals surface area contributed by atoms with E-state index in [1.54, 1.807) is 0 Å².